The largest absolute Gasteiger partial charge is 0.448 e. The fourth-order valence-electron chi connectivity index (χ4n) is 2.18. The number of hydrogen-bond acceptors (Lipinski definition) is 3. The molecule has 6 heteroatoms. The molecule has 0 aliphatic heterocycles. The lowest BCUT2D eigenvalue weighted by Gasteiger charge is -2.12. The normalized spacial score (nSPS) is 10.6. The van der Waals surface area contributed by atoms with Crippen LogP contribution >= 0.6 is 23.2 Å². The van der Waals surface area contributed by atoms with E-state index in [1.165, 1.54) is 12.1 Å². The summed E-state index contributed by atoms with van der Waals surface area (Å²) in [6.07, 6.45) is 0. The Morgan fingerprint density at radius 1 is 0.909 bits per heavy atom. The Balaban J connectivity index is 2.18. The van der Waals surface area contributed by atoms with E-state index in [0.717, 1.165) is 5.39 Å². The van der Waals surface area contributed by atoms with Crippen LogP contribution in [0.2, 0.25) is 10.0 Å². The van der Waals surface area contributed by atoms with Gasteiger partial charge >= 0.3 is 5.69 Å². The average Bonchev–Trinajstić information content (AvgIpc) is 2.51. The van der Waals surface area contributed by atoms with Crippen molar-refractivity contribution in [2.75, 3.05) is 0 Å². The quantitative estimate of drug-likeness (QED) is 0.446. The molecule has 22 heavy (non-hydrogen) atoms. The van der Waals surface area contributed by atoms with E-state index in [2.05, 4.69) is 0 Å². The van der Waals surface area contributed by atoms with Crippen LogP contribution < -0.4 is 4.74 Å². The first-order valence-corrected chi connectivity index (χ1v) is 7.11. The Hall–Kier alpha value is -2.30. The number of ether oxygens (including phenoxy) is 1. The van der Waals surface area contributed by atoms with Crippen LogP contribution in [0.15, 0.2) is 54.6 Å². The van der Waals surface area contributed by atoms with Crippen LogP contribution in [0.5, 0.6) is 11.5 Å². The summed E-state index contributed by atoms with van der Waals surface area (Å²) in [5.41, 5.74) is -0.127. The summed E-state index contributed by atoms with van der Waals surface area (Å²) >= 11 is 12.4. The Kier molecular flexibility index (Phi) is 3.88. The maximum absolute atomic E-state index is 11.1. The van der Waals surface area contributed by atoms with Gasteiger partial charge in [0.15, 0.2) is 5.75 Å². The molecule has 0 radical (unpaired) electrons. The average molecular weight is 334 g/mol. The molecule has 3 rings (SSSR count). The minimum Gasteiger partial charge on any atom is -0.448 e. The summed E-state index contributed by atoms with van der Waals surface area (Å²) in [6, 6.07) is 15.0. The number of nitrogens with zero attached hydrogens (tertiary/aromatic N) is 1. The Morgan fingerprint density at radius 2 is 1.55 bits per heavy atom. The molecule has 0 unspecified atom stereocenters. The molecule has 0 saturated heterocycles. The van der Waals surface area contributed by atoms with Gasteiger partial charge in [-0.05, 0) is 12.1 Å². The van der Waals surface area contributed by atoms with Crippen molar-refractivity contribution in [3.8, 4) is 11.5 Å². The van der Waals surface area contributed by atoms with Crippen LogP contribution in [0.25, 0.3) is 10.8 Å². The standard InChI is InChI=1S/C16H9Cl2NO3/c17-12-9-13(18)16(11-6-2-1-5-10(11)12)22-15-8-4-3-7-14(15)19(20)21/h1-9H. The first-order chi connectivity index (χ1) is 10.6. The molecule has 3 aromatic carbocycles. The van der Waals surface area contributed by atoms with Gasteiger partial charge in [0.1, 0.15) is 0 Å². The third-order valence-corrected chi connectivity index (χ3v) is 3.77. The van der Waals surface area contributed by atoms with Crippen molar-refractivity contribution >= 4 is 39.7 Å². The molecule has 0 fully saturated rings. The number of nitro benzene ring substituents is 1. The highest BCUT2D eigenvalue weighted by atomic mass is 35.5. The molecule has 0 saturated carbocycles. The van der Waals surface area contributed by atoms with E-state index in [0.29, 0.717) is 21.2 Å². The van der Waals surface area contributed by atoms with Crippen molar-refractivity contribution in [1.82, 2.24) is 0 Å². The van der Waals surface area contributed by atoms with Crippen LogP contribution in [0, 0.1) is 10.1 Å². The van der Waals surface area contributed by atoms with Gasteiger partial charge in [-0.1, -0.05) is 59.6 Å². The topological polar surface area (TPSA) is 52.4 Å². The maximum atomic E-state index is 11.1. The summed E-state index contributed by atoms with van der Waals surface area (Å²) in [5, 5.41) is 13.3. The van der Waals surface area contributed by atoms with Crippen LogP contribution in [0.4, 0.5) is 5.69 Å². The van der Waals surface area contributed by atoms with Crippen molar-refractivity contribution in [3.63, 3.8) is 0 Å². The van der Waals surface area contributed by atoms with E-state index in [9.17, 15) is 10.1 Å². The second kappa shape index (κ2) is 5.83. The second-order valence-corrected chi connectivity index (χ2v) is 5.36. The lowest BCUT2D eigenvalue weighted by molar-refractivity contribution is -0.385. The predicted molar refractivity (Wildman–Crippen MR) is 87.1 cm³/mol. The molecular weight excluding hydrogens is 325 g/mol. The summed E-state index contributed by atoms with van der Waals surface area (Å²) in [4.78, 5) is 10.6. The van der Waals surface area contributed by atoms with Gasteiger partial charge in [-0.2, -0.15) is 0 Å². The minimum atomic E-state index is -0.499. The van der Waals surface area contributed by atoms with Crippen molar-refractivity contribution in [3.05, 3.63) is 74.8 Å². The number of hydrogen-bond donors (Lipinski definition) is 0. The van der Waals surface area contributed by atoms with Crippen molar-refractivity contribution in [2.45, 2.75) is 0 Å². The van der Waals surface area contributed by atoms with E-state index in [1.54, 1.807) is 24.3 Å². The molecule has 0 bridgehead atoms. The molecule has 0 atom stereocenters. The van der Waals surface area contributed by atoms with E-state index in [4.69, 9.17) is 27.9 Å². The fourth-order valence-corrected chi connectivity index (χ4v) is 2.76. The highest BCUT2D eigenvalue weighted by molar-refractivity contribution is 6.39. The smallest absolute Gasteiger partial charge is 0.311 e. The number of fused-ring (bicyclic) bond motifs is 1. The SMILES string of the molecule is O=[N+]([O-])c1ccccc1Oc1c(Cl)cc(Cl)c2ccccc12. The lowest BCUT2D eigenvalue weighted by atomic mass is 10.1. The molecule has 0 amide bonds. The van der Waals surface area contributed by atoms with Gasteiger partial charge in [0.2, 0.25) is 5.75 Å². The molecule has 0 aliphatic carbocycles. The summed E-state index contributed by atoms with van der Waals surface area (Å²) in [6.45, 7) is 0. The predicted octanol–water partition coefficient (Wildman–Crippen LogP) is 5.85. The minimum absolute atomic E-state index is 0.127. The third kappa shape index (κ3) is 2.58. The highest BCUT2D eigenvalue weighted by Gasteiger charge is 2.18. The number of benzene rings is 3. The van der Waals surface area contributed by atoms with Gasteiger partial charge in [-0.15, -0.1) is 0 Å². The molecule has 110 valence electrons. The summed E-state index contributed by atoms with van der Waals surface area (Å²) in [7, 11) is 0. The number of halogens is 2. The maximum Gasteiger partial charge on any atom is 0.311 e. The van der Waals surface area contributed by atoms with Crippen molar-refractivity contribution < 1.29 is 9.66 Å². The first kappa shape index (κ1) is 14.6. The Bertz CT molecular complexity index is 880. The van der Waals surface area contributed by atoms with Gasteiger partial charge in [-0.25, -0.2) is 0 Å². The molecule has 3 aromatic rings. The molecule has 0 spiro atoms. The van der Waals surface area contributed by atoms with Gasteiger partial charge in [0, 0.05) is 16.8 Å². The molecule has 4 nitrogen and oxygen atoms in total. The van der Waals surface area contributed by atoms with Crippen LogP contribution in [0.3, 0.4) is 0 Å². The van der Waals surface area contributed by atoms with Crippen LogP contribution in [0.1, 0.15) is 0 Å². The fraction of sp³-hybridized carbons (Fsp3) is 0. The van der Waals surface area contributed by atoms with Crippen LogP contribution in [-0.2, 0) is 0 Å². The van der Waals surface area contributed by atoms with E-state index in [1.807, 2.05) is 18.2 Å². The van der Waals surface area contributed by atoms with E-state index < -0.39 is 4.92 Å². The molecule has 0 aliphatic rings. The van der Waals surface area contributed by atoms with E-state index >= 15 is 0 Å². The van der Waals surface area contributed by atoms with Gasteiger partial charge < -0.3 is 4.74 Å². The Labute approximate surface area is 136 Å². The number of rotatable bonds is 3. The van der Waals surface area contributed by atoms with Crippen LogP contribution in [-0.4, -0.2) is 4.92 Å². The van der Waals surface area contributed by atoms with Gasteiger partial charge in [-0.3, -0.25) is 10.1 Å². The highest BCUT2D eigenvalue weighted by Crippen LogP contribution is 2.42. The molecule has 0 heterocycles. The second-order valence-electron chi connectivity index (χ2n) is 4.54. The lowest BCUT2D eigenvalue weighted by Crippen LogP contribution is -1.94. The van der Waals surface area contributed by atoms with Crippen molar-refractivity contribution in [2.24, 2.45) is 0 Å². The first-order valence-electron chi connectivity index (χ1n) is 6.36. The summed E-state index contributed by atoms with van der Waals surface area (Å²) in [5.74, 6) is 0.470. The third-order valence-electron chi connectivity index (χ3n) is 3.17. The zero-order valence-electron chi connectivity index (χ0n) is 11.1. The number of para-hydroxylation sites is 2. The van der Waals surface area contributed by atoms with Crippen molar-refractivity contribution in [1.29, 1.82) is 0 Å². The zero-order chi connectivity index (χ0) is 15.7. The van der Waals surface area contributed by atoms with Gasteiger partial charge in [0.05, 0.1) is 15.0 Å². The molecule has 0 N–H and O–H groups in total. The van der Waals surface area contributed by atoms with Gasteiger partial charge in [0.25, 0.3) is 0 Å². The molecular formula is C16H9Cl2NO3. The Morgan fingerprint density at radius 3 is 2.27 bits per heavy atom. The zero-order valence-corrected chi connectivity index (χ0v) is 12.6. The summed E-state index contributed by atoms with van der Waals surface area (Å²) < 4.78 is 5.74. The monoisotopic (exact) mass is 333 g/mol. The number of nitro groups is 1. The van der Waals surface area contributed by atoms with E-state index in [-0.39, 0.29) is 11.4 Å². The molecule has 0 aromatic heterocycles.